The van der Waals surface area contributed by atoms with E-state index in [0.717, 1.165) is 21.2 Å². The average Bonchev–Trinajstić information content (AvgIpc) is 3.33. The minimum absolute atomic E-state index is 0.198. The quantitative estimate of drug-likeness (QED) is 0.273. The number of fused-ring (bicyclic) bond motifs is 1. The van der Waals surface area contributed by atoms with Gasteiger partial charge in [0, 0.05) is 42.0 Å². The van der Waals surface area contributed by atoms with Gasteiger partial charge in [0.05, 0.1) is 12.1 Å². The molecule has 0 saturated carbocycles. The summed E-state index contributed by atoms with van der Waals surface area (Å²) in [6.45, 7) is 0.667. The molecule has 0 aliphatic carbocycles. The van der Waals surface area contributed by atoms with E-state index in [1.807, 2.05) is 48.7 Å². The lowest BCUT2D eigenvalue weighted by Gasteiger charge is -2.08. The van der Waals surface area contributed by atoms with Crippen LogP contribution in [0, 0.1) is 0 Å². The van der Waals surface area contributed by atoms with Gasteiger partial charge in [0.2, 0.25) is 4.80 Å². The van der Waals surface area contributed by atoms with Crippen LogP contribution < -0.4 is 10.1 Å². The molecule has 40 heavy (non-hydrogen) atoms. The van der Waals surface area contributed by atoms with E-state index in [-0.39, 0.29) is 21.2 Å². The van der Waals surface area contributed by atoms with Gasteiger partial charge >= 0.3 is 5.97 Å². The first-order chi connectivity index (χ1) is 19.3. The van der Waals surface area contributed by atoms with Crippen molar-refractivity contribution in [2.45, 2.75) is 17.9 Å². The zero-order valence-corrected chi connectivity index (χ0v) is 22.7. The summed E-state index contributed by atoms with van der Waals surface area (Å²) in [5.74, 6) is -1.59. The minimum Gasteiger partial charge on any atom is -0.478 e. The smallest absolute Gasteiger partial charge is 0.337 e. The maximum Gasteiger partial charge on any atom is 0.337 e. The SMILES string of the molecule is O=C(NCCc1cn(Cc2cccc3ccccc23)/c(=N/S(=O)(=O)c2ccccc2C(=O)O)s1)c1ccncc1. The highest BCUT2D eigenvalue weighted by Gasteiger charge is 2.22. The lowest BCUT2D eigenvalue weighted by Crippen LogP contribution is -2.25. The third kappa shape index (κ3) is 6.00. The molecule has 3 aromatic carbocycles. The predicted octanol–water partition coefficient (Wildman–Crippen LogP) is 4.11. The average molecular weight is 573 g/mol. The molecule has 1 amide bonds. The molecule has 5 aromatic rings. The van der Waals surface area contributed by atoms with E-state index in [1.165, 1.54) is 35.6 Å². The zero-order valence-electron chi connectivity index (χ0n) is 21.1. The zero-order chi connectivity index (χ0) is 28.1. The molecule has 0 aliphatic rings. The summed E-state index contributed by atoms with van der Waals surface area (Å²) < 4.78 is 32.5. The van der Waals surface area contributed by atoms with Gasteiger partial charge in [0.1, 0.15) is 4.90 Å². The fraction of sp³-hybridized carbons (Fsp3) is 0.103. The summed E-state index contributed by atoms with van der Waals surface area (Å²) in [4.78, 5) is 28.6. The van der Waals surface area contributed by atoms with Crippen LogP contribution in [0.5, 0.6) is 0 Å². The molecule has 2 aromatic heterocycles. The van der Waals surface area contributed by atoms with Crippen LogP contribution in [-0.2, 0) is 23.0 Å². The maximum atomic E-state index is 13.3. The number of aromatic nitrogens is 2. The Kier molecular flexibility index (Phi) is 7.85. The Labute approximate surface area is 234 Å². The van der Waals surface area contributed by atoms with Gasteiger partial charge in [-0.3, -0.25) is 9.78 Å². The van der Waals surface area contributed by atoms with Crippen LogP contribution >= 0.6 is 11.3 Å². The second kappa shape index (κ2) is 11.6. The molecule has 0 saturated heterocycles. The summed E-state index contributed by atoms with van der Waals surface area (Å²) >= 11 is 1.18. The fourth-order valence-corrected chi connectivity index (χ4v) is 6.66. The largest absolute Gasteiger partial charge is 0.478 e. The molecule has 0 radical (unpaired) electrons. The molecule has 2 N–H and O–H groups in total. The van der Waals surface area contributed by atoms with Crippen LogP contribution in [0.2, 0.25) is 0 Å². The number of nitrogens with zero attached hydrogens (tertiary/aromatic N) is 3. The number of thiazole rings is 1. The molecule has 9 nitrogen and oxygen atoms in total. The molecule has 0 fully saturated rings. The number of hydrogen-bond acceptors (Lipinski definition) is 6. The van der Waals surface area contributed by atoms with Crippen molar-refractivity contribution in [3.8, 4) is 0 Å². The van der Waals surface area contributed by atoms with E-state index < -0.39 is 16.0 Å². The van der Waals surface area contributed by atoms with E-state index in [1.54, 1.807) is 29.1 Å². The second-order valence-electron chi connectivity index (χ2n) is 8.86. The van der Waals surface area contributed by atoms with Crippen molar-refractivity contribution in [3.63, 3.8) is 0 Å². The first-order valence-electron chi connectivity index (χ1n) is 12.3. The number of carbonyl (C=O) groups is 2. The third-order valence-electron chi connectivity index (χ3n) is 6.18. The van der Waals surface area contributed by atoms with E-state index in [2.05, 4.69) is 14.7 Å². The summed E-state index contributed by atoms with van der Waals surface area (Å²) in [6.07, 6.45) is 5.35. The van der Waals surface area contributed by atoms with Crippen LogP contribution in [-0.4, -0.2) is 41.5 Å². The van der Waals surface area contributed by atoms with Gasteiger partial charge in [-0.15, -0.1) is 15.7 Å². The normalized spacial score (nSPS) is 11.9. The molecule has 0 atom stereocenters. The molecule has 2 heterocycles. The van der Waals surface area contributed by atoms with Gasteiger partial charge < -0.3 is 15.0 Å². The Balaban J connectivity index is 1.50. The number of pyridine rings is 1. The molecule has 202 valence electrons. The van der Waals surface area contributed by atoms with Crippen molar-refractivity contribution in [3.05, 3.63) is 124 Å². The van der Waals surface area contributed by atoms with Gasteiger partial charge in [-0.2, -0.15) is 8.42 Å². The minimum atomic E-state index is -4.34. The molecule has 5 rings (SSSR count). The number of carboxylic acid groups (broad SMARTS) is 1. The Morgan fingerprint density at radius 3 is 2.48 bits per heavy atom. The first-order valence-corrected chi connectivity index (χ1v) is 14.5. The monoisotopic (exact) mass is 572 g/mol. The number of rotatable bonds is 9. The number of hydrogen-bond donors (Lipinski definition) is 2. The van der Waals surface area contributed by atoms with Crippen molar-refractivity contribution < 1.29 is 23.1 Å². The van der Waals surface area contributed by atoms with Crippen LogP contribution in [0.3, 0.4) is 0 Å². The van der Waals surface area contributed by atoms with E-state index in [0.29, 0.717) is 25.1 Å². The third-order valence-corrected chi connectivity index (χ3v) is 8.70. The maximum absolute atomic E-state index is 13.3. The van der Waals surface area contributed by atoms with Gasteiger partial charge in [-0.05, 0) is 40.6 Å². The Hall–Kier alpha value is -4.61. The number of carbonyl (C=O) groups excluding carboxylic acids is 1. The lowest BCUT2D eigenvalue weighted by atomic mass is 10.0. The van der Waals surface area contributed by atoms with E-state index >= 15 is 0 Å². The first kappa shape index (κ1) is 27.0. The summed E-state index contributed by atoms with van der Waals surface area (Å²) in [5.41, 5.74) is 1.12. The molecule has 0 spiro atoms. The second-order valence-corrected chi connectivity index (χ2v) is 11.5. The summed E-state index contributed by atoms with van der Waals surface area (Å²) in [7, 11) is -4.34. The van der Waals surface area contributed by atoms with Crippen molar-refractivity contribution in [2.75, 3.05) is 6.54 Å². The van der Waals surface area contributed by atoms with Gasteiger partial charge in [-0.1, -0.05) is 54.6 Å². The van der Waals surface area contributed by atoms with E-state index in [9.17, 15) is 23.1 Å². The lowest BCUT2D eigenvalue weighted by molar-refractivity contribution is 0.0692. The van der Waals surface area contributed by atoms with Crippen LogP contribution in [0.25, 0.3) is 10.8 Å². The van der Waals surface area contributed by atoms with Gasteiger partial charge in [0.15, 0.2) is 0 Å². The molecular formula is C29H24N4O5S2. The fourth-order valence-electron chi connectivity index (χ4n) is 4.27. The topological polar surface area (TPSA) is 131 Å². The Morgan fingerprint density at radius 1 is 0.950 bits per heavy atom. The van der Waals surface area contributed by atoms with Crippen LogP contribution in [0.15, 0.2) is 107 Å². The number of sulfonamides is 1. The summed E-state index contributed by atoms with van der Waals surface area (Å²) in [5, 5.41) is 14.5. The van der Waals surface area contributed by atoms with Gasteiger partial charge in [-0.25, -0.2) is 4.79 Å². The van der Waals surface area contributed by atoms with Crippen molar-refractivity contribution in [1.29, 1.82) is 0 Å². The number of amides is 1. The van der Waals surface area contributed by atoms with Crippen molar-refractivity contribution in [1.82, 2.24) is 14.9 Å². The van der Waals surface area contributed by atoms with E-state index in [4.69, 9.17) is 0 Å². The van der Waals surface area contributed by atoms with Crippen LogP contribution in [0.1, 0.15) is 31.2 Å². The van der Waals surface area contributed by atoms with Crippen molar-refractivity contribution in [2.24, 2.45) is 4.40 Å². The number of nitrogens with one attached hydrogen (secondary N) is 1. The van der Waals surface area contributed by atoms with Gasteiger partial charge in [0.25, 0.3) is 15.9 Å². The highest BCUT2D eigenvalue weighted by molar-refractivity contribution is 7.90. The highest BCUT2D eigenvalue weighted by Crippen LogP contribution is 2.21. The standard InChI is InChI=1S/C29H24N4O5S2/c34-27(21-12-15-30-16-13-21)31-17-14-23-19-33(18-22-8-5-7-20-6-1-2-9-24(20)22)29(39-23)32-40(37,38)26-11-4-3-10-25(26)28(35)36/h1-13,15-16,19H,14,17-18H2,(H,31,34)(H,35,36)/b32-29-. The van der Waals surface area contributed by atoms with Crippen LogP contribution in [0.4, 0.5) is 0 Å². The number of aromatic carboxylic acids is 1. The predicted molar refractivity (Wildman–Crippen MR) is 152 cm³/mol. The molecule has 0 bridgehead atoms. The Morgan fingerprint density at radius 2 is 1.68 bits per heavy atom. The van der Waals surface area contributed by atoms with Crippen molar-refractivity contribution >= 4 is 44.0 Å². The molecular weight excluding hydrogens is 548 g/mol. The molecule has 11 heteroatoms. The Bertz CT molecular complexity index is 1870. The highest BCUT2D eigenvalue weighted by atomic mass is 32.2. The molecule has 0 unspecified atom stereocenters. The summed E-state index contributed by atoms with van der Waals surface area (Å²) in [6, 6.07) is 22.5. The molecule has 0 aliphatic heterocycles. The number of carboxylic acids is 1. The number of benzene rings is 3.